The fourth-order valence-electron chi connectivity index (χ4n) is 1.99. The fraction of sp³-hybridized carbons (Fsp3) is 0.308. The molecule has 1 N–H and O–H groups in total. The molecule has 0 spiro atoms. The van der Waals surface area contributed by atoms with Crippen LogP contribution in [0.3, 0.4) is 0 Å². The Morgan fingerprint density at radius 1 is 1.35 bits per heavy atom. The lowest BCUT2D eigenvalue weighted by Crippen LogP contribution is -2.03. The van der Waals surface area contributed by atoms with Crippen molar-refractivity contribution in [2.24, 2.45) is 0 Å². The summed E-state index contributed by atoms with van der Waals surface area (Å²) in [5.41, 5.74) is 1.95. The van der Waals surface area contributed by atoms with Gasteiger partial charge in [0.25, 0.3) is 0 Å². The fourth-order valence-corrected chi connectivity index (χ4v) is 1.99. The number of hydrogen-bond donors (Lipinski definition) is 1. The van der Waals surface area contributed by atoms with Crippen LogP contribution in [-0.4, -0.2) is 14.9 Å². The average molecular weight is 232 g/mol. The smallest absolute Gasteiger partial charge is 0.130 e. The highest BCUT2D eigenvalue weighted by molar-refractivity contribution is 5.41. The van der Waals surface area contributed by atoms with Gasteiger partial charge in [0.05, 0.1) is 18.0 Å². The lowest BCUT2D eigenvalue weighted by molar-refractivity contribution is 0.275. The molecule has 17 heavy (non-hydrogen) atoms. The molecule has 0 atom stereocenters. The summed E-state index contributed by atoms with van der Waals surface area (Å²) in [5, 5.41) is 13.6. The number of hydrogen-bond acceptors (Lipinski definition) is 2. The molecule has 1 heterocycles. The topological polar surface area (TPSA) is 38.0 Å². The van der Waals surface area contributed by atoms with Gasteiger partial charge in [-0.05, 0) is 31.0 Å². The minimum Gasteiger partial charge on any atom is -0.391 e. The van der Waals surface area contributed by atoms with Crippen LogP contribution in [0.15, 0.2) is 30.5 Å². The summed E-state index contributed by atoms with van der Waals surface area (Å²) < 4.78 is 15.2. The van der Waals surface area contributed by atoms with Crippen LogP contribution in [0.2, 0.25) is 0 Å². The molecule has 0 amide bonds. The third kappa shape index (κ3) is 1.85. The van der Waals surface area contributed by atoms with Gasteiger partial charge in [0.2, 0.25) is 0 Å². The van der Waals surface area contributed by atoms with Crippen molar-refractivity contribution in [3.63, 3.8) is 0 Å². The predicted octanol–water partition coefficient (Wildman–Crippen LogP) is 2.38. The van der Waals surface area contributed by atoms with Crippen molar-refractivity contribution in [3.8, 4) is 5.69 Å². The lowest BCUT2D eigenvalue weighted by atomic mass is 10.2. The molecule has 1 aromatic carbocycles. The minimum atomic E-state index is -0.395. The zero-order valence-electron chi connectivity index (χ0n) is 9.31. The number of nitrogens with zero attached hydrogens (tertiary/aromatic N) is 2. The lowest BCUT2D eigenvalue weighted by Gasteiger charge is -2.08. The number of aliphatic hydroxyl groups is 1. The Labute approximate surface area is 98.5 Å². The summed E-state index contributed by atoms with van der Waals surface area (Å²) in [6.07, 6.45) is 4.20. The summed E-state index contributed by atoms with van der Waals surface area (Å²) in [5.74, 6) is 0.177. The number of aromatic nitrogens is 2. The van der Waals surface area contributed by atoms with Gasteiger partial charge in [-0.25, -0.2) is 9.07 Å². The number of rotatable bonds is 3. The first-order valence-corrected chi connectivity index (χ1v) is 5.74. The highest BCUT2D eigenvalue weighted by atomic mass is 19.1. The summed E-state index contributed by atoms with van der Waals surface area (Å²) in [7, 11) is 0. The zero-order chi connectivity index (χ0) is 11.8. The van der Waals surface area contributed by atoms with Crippen LogP contribution in [0.5, 0.6) is 0 Å². The Bertz CT molecular complexity index is 546. The van der Waals surface area contributed by atoms with Gasteiger partial charge in [0.1, 0.15) is 5.82 Å². The summed E-state index contributed by atoms with van der Waals surface area (Å²) in [6.45, 7) is -0.319. The van der Waals surface area contributed by atoms with E-state index in [2.05, 4.69) is 5.10 Å². The molecule has 0 radical (unpaired) electrons. The molecule has 1 aliphatic rings. The van der Waals surface area contributed by atoms with Crippen LogP contribution >= 0.6 is 0 Å². The van der Waals surface area contributed by atoms with Crippen molar-refractivity contribution in [2.75, 3.05) is 0 Å². The molecule has 0 bridgehead atoms. The van der Waals surface area contributed by atoms with Gasteiger partial charge < -0.3 is 5.11 Å². The number of aliphatic hydroxyl groups excluding tert-OH is 1. The maximum atomic E-state index is 13.5. The van der Waals surface area contributed by atoms with Crippen LogP contribution in [0, 0.1) is 5.82 Å². The first kappa shape index (κ1) is 10.5. The second kappa shape index (κ2) is 3.96. The Morgan fingerprint density at radius 3 is 2.88 bits per heavy atom. The number of halogens is 1. The van der Waals surface area contributed by atoms with Gasteiger partial charge in [-0.3, -0.25) is 0 Å². The molecular formula is C13H13FN2O. The monoisotopic (exact) mass is 232 g/mol. The first-order chi connectivity index (χ1) is 8.29. The Morgan fingerprint density at radius 2 is 2.18 bits per heavy atom. The van der Waals surface area contributed by atoms with E-state index in [1.165, 1.54) is 18.9 Å². The van der Waals surface area contributed by atoms with Crippen LogP contribution in [0.1, 0.15) is 30.0 Å². The summed E-state index contributed by atoms with van der Waals surface area (Å²) >= 11 is 0. The van der Waals surface area contributed by atoms with Gasteiger partial charge in [-0.15, -0.1) is 0 Å². The van der Waals surface area contributed by atoms with E-state index in [4.69, 9.17) is 0 Å². The van der Waals surface area contributed by atoms with Crippen molar-refractivity contribution in [1.29, 1.82) is 0 Å². The van der Waals surface area contributed by atoms with E-state index < -0.39 is 5.82 Å². The standard InChI is InChI=1S/C13H13FN2O/c14-11-2-1-3-13(10(11)8-17)16-7-6-12(15-16)9-4-5-9/h1-3,6-7,9,17H,4-5,8H2. The first-order valence-electron chi connectivity index (χ1n) is 5.74. The molecule has 88 valence electrons. The molecule has 2 aromatic rings. The summed E-state index contributed by atoms with van der Waals surface area (Å²) in [4.78, 5) is 0. The van der Waals surface area contributed by atoms with Gasteiger partial charge in [0, 0.05) is 17.7 Å². The average Bonchev–Trinajstić information content (AvgIpc) is 3.07. The van der Waals surface area contributed by atoms with Gasteiger partial charge in [0.15, 0.2) is 0 Å². The van der Waals surface area contributed by atoms with Crippen LogP contribution in [-0.2, 0) is 6.61 Å². The van der Waals surface area contributed by atoms with E-state index in [9.17, 15) is 9.50 Å². The normalized spacial score (nSPS) is 15.2. The molecule has 4 heteroatoms. The molecule has 1 aromatic heterocycles. The van der Waals surface area contributed by atoms with Crippen molar-refractivity contribution < 1.29 is 9.50 Å². The summed E-state index contributed by atoms with van der Waals surface area (Å²) in [6, 6.07) is 6.70. The molecule has 3 rings (SSSR count). The Kier molecular flexibility index (Phi) is 2.44. The van der Waals surface area contributed by atoms with Crippen LogP contribution in [0.25, 0.3) is 5.69 Å². The van der Waals surface area contributed by atoms with E-state index in [0.717, 1.165) is 5.69 Å². The third-order valence-electron chi connectivity index (χ3n) is 3.10. The SMILES string of the molecule is OCc1c(F)cccc1-n1ccc(C2CC2)n1. The Balaban J connectivity index is 2.04. The van der Waals surface area contributed by atoms with Gasteiger partial charge >= 0.3 is 0 Å². The van der Waals surface area contributed by atoms with Crippen LogP contribution in [0.4, 0.5) is 4.39 Å². The van der Waals surface area contributed by atoms with Gasteiger partial charge in [-0.2, -0.15) is 5.10 Å². The van der Waals surface area contributed by atoms with Crippen molar-refractivity contribution >= 4 is 0 Å². The second-order valence-electron chi connectivity index (χ2n) is 4.36. The molecule has 1 saturated carbocycles. The third-order valence-corrected chi connectivity index (χ3v) is 3.10. The largest absolute Gasteiger partial charge is 0.391 e. The van der Waals surface area contributed by atoms with E-state index in [1.54, 1.807) is 16.8 Å². The van der Waals surface area contributed by atoms with Gasteiger partial charge in [-0.1, -0.05) is 6.07 Å². The molecule has 3 nitrogen and oxygen atoms in total. The van der Waals surface area contributed by atoms with E-state index in [1.807, 2.05) is 12.3 Å². The quantitative estimate of drug-likeness (QED) is 0.882. The van der Waals surface area contributed by atoms with Crippen molar-refractivity contribution in [1.82, 2.24) is 9.78 Å². The Hall–Kier alpha value is -1.68. The second-order valence-corrected chi connectivity index (χ2v) is 4.36. The van der Waals surface area contributed by atoms with Crippen molar-refractivity contribution in [2.45, 2.75) is 25.4 Å². The molecule has 0 unspecified atom stereocenters. The predicted molar refractivity (Wildman–Crippen MR) is 61.4 cm³/mol. The molecule has 1 aliphatic carbocycles. The minimum absolute atomic E-state index is 0.290. The maximum absolute atomic E-state index is 13.5. The maximum Gasteiger partial charge on any atom is 0.130 e. The molecule has 0 saturated heterocycles. The highest BCUT2D eigenvalue weighted by Gasteiger charge is 2.26. The van der Waals surface area contributed by atoms with E-state index >= 15 is 0 Å². The van der Waals surface area contributed by atoms with Crippen molar-refractivity contribution in [3.05, 3.63) is 47.5 Å². The van der Waals surface area contributed by atoms with E-state index in [-0.39, 0.29) is 12.2 Å². The molecule has 1 fully saturated rings. The molecule has 0 aliphatic heterocycles. The molecular weight excluding hydrogens is 219 g/mol. The van der Waals surface area contributed by atoms with E-state index in [0.29, 0.717) is 11.6 Å². The zero-order valence-corrected chi connectivity index (χ0v) is 9.31. The number of benzene rings is 1. The highest BCUT2D eigenvalue weighted by Crippen LogP contribution is 2.39. The van der Waals surface area contributed by atoms with Crippen LogP contribution < -0.4 is 0 Å².